The first kappa shape index (κ1) is 13.3. The molecule has 0 bridgehead atoms. The number of nitrogens with zero attached hydrogens (tertiary/aromatic N) is 3. The van der Waals surface area contributed by atoms with Gasteiger partial charge in [0.25, 0.3) is 5.91 Å². The second-order valence-corrected chi connectivity index (χ2v) is 5.32. The highest BCUT2D eigenvalue weighted by Crippen LogP contribution is 2.21. The zero-order valence-electron chi connectivity index (χ0n) is 10.5. The number of ether oxygens (including phenoxy) is 1. The minimum absolute atomic E-state index is 0.0192. The maximum atomic E-state index is 12.4. The lowest BCUT2D eigenvalue weighted by Gasteiger charge is -2.31. The van der Waals surface area contributed by atoms with E-state index in [1.807, 2.05) is 12.1 Å². The zero-order valence-corrected chi connectivity index (χ0v) is 12.1. The van der Waals surface area contributed by atoms with Gasteiger partial charge in [-0.15, -0.1) is 0 Å². The minimum Gasteiger partial charge on any atom is -0.366 e. The fourth-order valence-corrected chi connectivity index (χ4v) is 2.35. The molecule has 1 atom stereocenters. The first-order valence-corrected chi connectivity index (χ1v) is 6.96. The van der Waals surface area contributed by atoms with Gasteiger partial charge in [-0.1, -0.05) is 21.1 Å². The van der Waals surface area contributed by atoms with Gasteiger partial charge in [0.1, 0.15) is 6.10 Å². The summed E-state index contributed by atoms with van der Waals surface area (Å²) in [4.78, 5) is 18.1. The second kappa shape index (κ2) is 5.72. The Labute approximate surface area is 123 Å². The van der Waals surface area contributed by atoms with Gasteiger partial charge in [-0.25, -0.2) is 0 Å². The largest absolute Gasteiger partial charge is 0.366 e. The SMILES string of the molecule is O=C(c1ccc(Br)cc1)N1CCOC(c2ncon2)C1. The smallest absolute Gasteiger partial charge is 0.254 e. The third-order valence-electron chi connectivity index (χ3n) is 3.11. The molecule has 1 saturated heterocycles. The quantitative estimate of drug-likeness (QED) is 0.838. The number of rotatable bonds is 2. The molecule has 0 N–H and O–H groups in total. The van der Waals surface area contributed by atoms with Gasteiger partial charge in [0.05, 0.1) is 13.2 Å². The van der Waals surface area contributed by atoms with E-state index in [0.29, 0.717) is 31.1 Å². The number of hydrogen-bond donors (Lipinski definition) is 0. The van der Waals surface area contributed by atoms with Gasteiger partial charge >= 0.3 is 0 Å². The van der Waals surface area contributed by atoms with E-state index in [9.17, 15) is 4.79 Å². The van der Waals surface area contributed by atoms with E-state index in [0.717, 1.165) is 4.47 Å². The molecule has 1 aromatic heterocycles. The molecule has 7 heteroatoms. The predicted molar refractivity (Wildman–Crippen MR) is 73.0 cm³/mol. The lowest BCUT2D eigenvalue weighted by Crippen LogP contribution is -2.42. The van der Waals surface area contributed by atoms with Crippen molar-refractivity contribution in [3.63, 3.8) is 0 Å². The van der Waals surface area contributed by atoms with Gasteiger partial charge in [-0.2, -0.15) is 4.98 Å². The summed E-state index contributed by atoms with van der Waals surface area (Å²) in [6.07, 6.45) is 0.927. The molecule has 104 valence electrons. The Balaban J connectivity index is 1.73. The van der Waals surface area contributed by atoms with E-state index in [1.54, 1.807) is 17.0 Å². The first-order valence-electron chi connectivity index (χ1n) is 6.17. The molecule has 0 saturated carbocycles. The molecule has 3 rings (SSSR count). The van der Waals surface area contributed by atoms with Gasteiger partial charge in [-0.3, -0.25) is 4.79 Å². The molecule has 2 aromatic rings. The van der Waals surface area contributed by atoms with Gasteiger partial charge in [0.2, 0.25) is 12.2 Å². The third-order valence-corrected chi connectivity index (χ3v) is 3.64. The van der Waals surface area contributed by atoms with E-state index in [2.05, 4.69) is 26.1 Å². The van der Waals surface area contributed by atoms with Crippen molar-refractivity contribution in [1.29, 1.82) is 0 Å². The number of hydrogen-bond acceptors (Lipinski definition) is 5. The van der Waals surface area contributed by atoms with Crippen molar-refractivity contribution in [3.05, 3.63) is 46.5 Å². The number of amides is 1. The lowest BCUT2D eigenvalue weighted by molar-refractivity contribution is -0.0276. The van der Waals surface area contributed by atoms with Crippen LogP contribution in [-0.2, 0) is 4.74 Å². The van der Waals surface area contributed by atoms with E-state index >= 15 is 0 Å². The fourth-order valence-electron chi connectivity index (χ4n) is 2.09. The highest BCUT2D eigenvalue weighted by Gasteiger charge is 2.28. The Morgan fingerprint density at radius 1 is 1.35 bits per heavy atom. The molecule has 0 radical (unpaired) electrons. The van der Waals surface area contributed by atoms with Crippen molar-refractivity contribution < 1.29 is 14.1 Å². The van der Waals surface area contributed by atoms with E-state index < -0.39 is 0 Å². The summed E-state index contributed by atoms with van der Waals surface area (Å²) in [5.41, 5.74) is 0.655. The number of carbonyl (C=O) groups is 1. The standard InChI is InChI=1S/C13H12BrN3O3/c14-10-3-1-9(2-4-10)13(18)17-5-6-19-11(7-17)12-15-8-20-16-12/h1-4,8,11H,5-7H2. The number of morpholine rings is 1. The monoisotopic (exact) mass is 337 g/mol. The molecule has 1 fully saturated rings. The molecule has 1 amide bonds. The third kappa shape index (κ3) is 2.73. The van der Waals surface area contributed by atoms with Crippen LogP contribution in [0.2, 0.25) is 0 Å². The molecule has 1 aromatic carbocycles. The normalized spacial score (nSPS) is 19.1. The molecule has 2 heterocycles. The molecule has 1 unspecified atom stereocenters. The summed E-state index contributed by atoms with van der Waals surface area (Å²) in [7, 11) is 0. The summed E-state index contributed by atoms with van der Waals surface area (Å²) < 4.78 is 11.2. The Kier molecular flexibility index (Phi) is 3.79. The van der Waals surface area contributed by atoms with Crippen LogP contribution in [0.15, 0.2) is 39.7 Å². The van der Waals surface area contributed by atoms with Crippen molar-refractivity contribution in [1.82, 2.24) is 15.0 Å². The van der Waals surface area contributed by atoms with Crippen LogP contribution in [0.3, 0.4) is 0 Å². The molecule has 20 heavy (non-hydrogen) atoms. The molecular weight excluding hydrogens is 326 g/mol. The minimum atomic E-state index is -0.332. The number of benzene rings is 1. The highest BCUT2D eigenvalue weighted by molar-refractivity contribution is 9.10. The lowest BCUT2D eigenvalue weighted by atomic mass is 10.1. The van der Waals surface area contributed by atoms with Crippen LogP contribution in [0.4, 0.5) is 0 Å². The Bertz CT molecular complexity index is 585. The van der Waals surface area contributed by atoms with E-state index in [4.69, 9.17) is 9.26 Å². The Morgan fingerprint density at radius 2 is 2.15 bits per heavy atom. The molecule has 0 spiro atoms. The predicted octanol–water partition coefficient (Wildman–Crippen LogP) is 2.05. The van der Waals surface area contributed by atoms with Crippen LogP contribution in [0.1, 0.15) is 22.3 Å². The van der Waals surface area contributed by atoms with E-state index in [-0.39, 0.29) is 12.0 Å². The topological polar surface area (TPSA) is 68.5 Å². The van der Waals surface area contributed by atoms with Crippen LogP contribution < -0.4 is 0 Å². The summed E-state index contributed by atoms with van der Waals surface area (Å²) in [6, 6.07) is 7.30. The van der Waals surface area contributed by atoms with Crippen molar-refractivity contribution in [2.75, 3.05) is 19.7 Å². The highest BCUT2D eigenvalue weighted by atomic mass is 79.9. The van der Waals surface area contributed by atoms with E-state index in [1.165, 1.54) is 6.39 Å². The summed E-state index contributed by atoms with van der Waals surface area (Å²) in [5, 5.41) is 3.76. The van der Waals surface area contributed by atoms with Gasteiger partial charge in [-0.05, 0) is 24.3 Å². The number of aromatic nitrogens is 2. The van der Waals surface area contributed by atoms with Crippen molar-refractivity contribution in [2.24, 2.45) is 0 Å². The van der Waals surface area contributed by atoms with Crippen LogP contribution in [0.5, 0.6) is 0 Å². The number of carbonyl (C=O) groups excluding carboxylic acids is 1. The van der Waals surface area contributed by atoms with Crippen molar-refractivity contribution >= 4 is 21.8 Å². The fraction of sp³-hybridized carbons (Fsp3) is 0.308. The van der Waals surface area contributed by atoms with Gasteiger partial charge in [0.15, 0.2) is 0 Å². The average molecular weight is 338 g/mol. The number of halogens is 1. The summed E-state index contributed by atoms with van der Waals surface area (Å²) in [5.74, 6) is 0.451. The Morgan fingerprint density at radius 3 is 2.85 bits per heavy atom. The first-order chi connectivity index (χ1) is 9.74. The maximum absolute atomic E-state index is 12.4. The second-order valence-electron chi connectivity index (χ2n) is 4.41. The maximum Gasteiger partial charge on any atom is 0.254 e. The van der Waals surface area contributed by atoms with Crippen LogP contribution >= 0.6 is 15.9 Å². The van der Waals surface area contributed by atoms with Gasteiger partial charge < -0.3 is 14.2 Å². The Hall–Kier alpha value is -1.73. The van der Waals surface area contributed by atoms with Crippen molar-refractivity contribution in [2.45, 2.75) is 6.10 Å². The molecular formula is C13H12BrN3O3. The van der Waals surface area contributed by atoms with Crippen LogP contribution in [-0.4, -0.2) is 40.6 Å². The zero-order chi connectivity index (χ0) is 13.9. The van der Waals surface area contributed by atoms with Crippen LogP contribution in [0.25, 0.3) is 0 Å². The molecule has 1 aliphatic heterocycles. The molecule has 1 aliphatic rings. The van der Waals surface area contributed by atoms with Crippen LogP contribution in [0, 0.1) is 0 Å². The summed E-state index contributed by atoms with van der Waals surface area (Å²) in [6.45, 7) is 1.44. The molecule has 6 nitrogen and oxygen atoms in total. The molecule has 0 aliphatic carbocycles. The van der Waals surface area contributed by atoms with Gasteiger partial charge in [0, 0.05) is 16.6 Å². The average Bonchev–Trinajstić information content (AvgIpc) is 3.02. The summed E-state index contributed by atoms with van der Waals surface area (Å²) >= 11 is 3.35. The van der Waals surface area contributed by atoms with Crippen molar-refractivity contribution in [3.8, 4) is 0 Å².